The Kier molecular flexibility index (Phi) is 3.94. The Hall–Kier alpha value is -2.49. The molecule has 1 amide bonds. The number of nitrogens with one attached hydrogen (secondary N) is 1. The number of carbonyl (C=O) groups is 2. The fraction of sp³-hybridized carbons (Fsp3) is 0.188. The van der Waals surface area contributed by atoms with Crippen molar-refractivity contribution in [1.29, 1.82) is 0 Å². The summed E-state index contributed by atoms with van der Waals surface area (Å²) in [5.74, 6) is -0.174. The van der Waals surface area contributed by atoms with E-state index in [2.05, 4.69) is 10.3 Å². The van der Waals surface area contributed by atoms with Crippen LogP contribution in [0.5, 0.6) is 0 Å². The molecule has 2 rings (SSSR count). The summed E-state index contributed by atoms with van der Waals surface area (Å²) in [5.41, 5.74) is 3.59. The van der Waals surface area contributed by atoms with Crippen molar-refractivity contribution in [3.05, 3.63) is 58.9 Å². The van der Waals surface area contributed by atoms with E-state index in [-0.39, 0.29) is 11.7 Å². The molecule has 0 unspecified atom stereocenters. The van der Waals surface area contributed by atoms with Crippen LogP contribution >= 0.6 is 0 Å². The summed E-state index contributed by atoms with van der Waals surface area (Å²) in [6, 6.07) is 8.53. The fourth-order valence-electron chi connectivity index (χ4n) is 1.87. The van der Waals surface area contributed by atoms with Crippen LogP contribution in [0.25, 0.3) is 0 Å². The summed E-state index contributed by atoms with van der Waals surface area (Å²) in [5, 5.41) is 2.81. The first-order valence-corrected chi connectivity index (χ1v) is 6.33. The number of nitrogens with zero attached hydrogens (tertiary/aromatic N) is 1. The molecule has 1 aromatic heterocycles. The van der Waals surface area contributed by atoms with Crippen molar-refractivity contribution in [1.82, 2.24) is 4.98 Å². The number of hydrogen-bond acceptors (Lipinski definition) is 3. The first-order valence-electron chi connectivity index (χ1n) is 6.33. The molecule has 4 heteroatoms. The lowest BCUT2D eigenvalue weighted by Crippen LogP contribution is -2.14. The Morgan fingerprint density at radius 3 is 2.30 bits per heavy atom. The molecule has 0 bridgehead atoms. The van der Waals surface area contributed by atoms with Gasteiger partial charge in [0.1, 0.15) is 0 Å². The summed E-state index contributed by atoms with van der Waals surface area (Å²) >= 11 is 0. The van der Waals surface area contributed by atoms with Gasteiger partial charge in [-0.1, -0.05) is 0 Å². The number of carbonyl (C=O) groups excluding carboxylic acids is 2. The van der Waals surface area contributed by atoms with E-state index in [4.69, 9.17) is 0 Å². The number of aryl methyl sites for hydroxylation is 1. The van der Waals surface area contributed by atoms with Gasteiger partial charge in [-0.3, -0.25) is 14.6 Å². The molecule has 2 aromatic rings. The molecule has 1 aromatic carbocycles. The lowest BCUT2D eigenvalue weighted by atomic mass is 10.1. The number of ketones is 1. The van der Waals surface area contributed by atoms with Crippen LogP contribution in [0.1, 0.15) is 38.9 Å². The van der Waals surface area contributed by atoms with E-state index in [0.717, 1.165) is 11.3 Å². The van der Waals surface area contributed by atoms with Crippen LogP contribution in [-0.2, 0) is 0 Å². The second-order valence-electron chi connectivity index (χ2n) is 4.66. The number of pyridine rings is 1. The lowest BCUT2D eigenvalue weighted by molar-refractivity contribution is 0.101. The van der Waals surface area contributed by atoms with Gasteiger partial charge in [0, 0.05) is 28.7 Å². The SMILES string of the molecule is CC(=O)c1ccc(NC(=O)c2ccnc(C)c2C)cc1. The molecular formula is C16H16N2O2. The van der Waals surface area contributed by atoms with Gasteiger partial charge in [-0.05, 0) is 56.7 Å². The molecular weight excluding hydrogens is 252 g/mol. The van der Waals surface area contributed by atoms with Crippen LogP contribution in [-0.4, -0.2) is 16.7 Å². The van der Waals surface area contributed by atoms with Crippen molar-refractivity contribution in [2.24, 2.45) is 0 Å². The zero-order chi connectivity index (χ0) is 14.7. The Morgan fingerprint density at radius 2 is 1.70 bits per heavy atom. The summed E-state index contributed by atoms with van der Waals surface area (Å²) < 4.78 is 0. The zero-order valence-corrected chi connectivity index (χ0v) is 11.7. The number of aromatic nitrogens is 1. The van der Waals surface area contributed by atoms with Crippen molar-refractivity contribution >= 4 is 17.4 Å². The van der Waals surface area contributed by atoms with E-state index in [1.165, 1.54) is 6.92 Å². The van der Waals surface area contributed by atoms with Gasteiger partial charge in [-0.15, -0.1) is 0 Å². The van der Waals surface area contributed by atoms with Crippen molar-refractivity contribution in [3.63, 3.8) is 0 Å². The van der Waals surface area contributed by atoms with Crippen molar-refractivity contribution < 1.29 is 9.59 Å². The van der Waals surface area contributed by atoms with Crippen LogP contribution < -0.4 is 5.32 Å². The summed E-state index contributed by atoms with van der Waals surface area (Å²) in [6.45, 7) is 5.25. The number of rotatable bonds is 3. The summed E-state index contributed by atoms with van der Waals surface area (Å²) in [6.07, 6.45) is 1.62. The first kappa shape index (κ1) is 13.9. The van der Waals surface area contributed by atoms with E-state index in [0.29, 0.717) is 16.8 Å². The normalized spacial score (nSPS) is 10.2. The predicted octanol–water partition coefficient (Wildman–Crippen LogP) is 3.15. The molecule has 0 saturated carbocycles. The molecule has 4 nitrogen and oxygen atoms in total. The number of anilines is 1. The molecule has 0 aliphatic heterocycles. The standard InChI is InChI=1S/C16H16N2O2/c1-10-11(2)17-9-8-15(10)16(20)18-14-6-4-13(5-7-14)12(3)19/h4-9H,1-3H3,(H,18,20). The first-order chi connectivity index (χ1) is 9.49. The predicted molar refractivity (Wildman–Crippen MR) is 78.1 cm³/mol. The van der Waals surface area contributed by atoms with Crippen LogP contribution in [0, 0.1) is 13.8 Å². The third kappa shape index (κ3) is 2.91. The molecule has 0 aliphatic rings. The highest BCUT2D eigenvalue weighted by Gasteiger charge is 2.11. The lowest BCUT2D eigenvalue weighted by Gasteiger charge is -2.09. The largest absolute Gasteiger partial charge is 0.322 e. The fourth-order valence-corrected chi connectivity index (χ4v) is 1.87. The maximum absolute atomic E-state index is 12.2. The van der Waals surface area contributed by atoms with Gasteiger partial charge < -0.3 is 5.32 Å². The number of benzene rings is 1. The van der Waals surface area contributed by atoms with Gasteiger partial charge in [-0.25, -0.2) is 0 Å². The molecule has 0 spiro atoms. The van der Waals surface area contributed by atoms with Gasteiger partial charge in [0.25, 0.3) is 5.91 Å². The zero-order valence-electron chi connectivity index (χ0n) is 11.7. The molecule has 102 valence electrons. The van der Waals surface area contributed by atoms with E-state index >= 15 is 0 Å². The quantitative estimate of drug-likeness (QED) is 0.870. The minimum atomic E-state index is -0.177. The Labute approximate surface area is 117 Å². The molecule has 1 heterocycles. The van der Waals surface area contributed by atoms with Gasteiger partial charge in [0.15, 0.2) is 5.78 Å². The molecule has 1 N–H and O–H groups in total. The van der Waals surface area contributed by atoms with Gasteiger partial charge in [0.05, 0.1) is 0 Å². The number of amides is 1. The van der Waals surface area contributed by atoms with Crippen LogP contribution in [0.4, 0.5) is 5.69 Å². The molecule has 0 radical (unpaired) electrons. The van der Waals surface area contributed by atoms with Gasteiger partial charge in [0.2, 0.25) is 0 Å². The summed E-state index contributed by atoms with van der Waals surface area (Å²) in [4.78, 5) is 27.5. The monoisotopic (exact) mass is 268 g/mol. The average molecular weight is 268 g/mol. The van der Waals surface area contributed by atoms with Gasteiger partial charge in [-0.2, -0.15) is 0 Å². The second kappa shape index (κ2) is 5.65. The van der Waals surface area contributed by atoms with E-state index in [9.17, 15) is 9.59 Å². The maximum atomic E-state index is 12.2. The van der Waals surface area contributed by atoms with Gasteiger partial charge >= 0.3 is 0 Å². The van der Waals surface area contributed by atoms with E-state index < -0.39 is 0 Å². The molecule has 0 aliphatic carbocycles. The Balaban J connectivity index is 2.19. The minimum Gasteiger partial charge on any atom is -0.322 e. The highest BCUT2D eigenvalue weighted by Crippen LogP contribution is 2.15. The molecule has 0 saturated heterocycles. The third-order valence-corrected chi connectivity index (χ3v) is 3.25. The number of Topliss-reactive ketones (excluding diaryl/α,β-unsaturated/α-hetero) is 1. The smallest absolute Gasteiger partial charge is 0.256 e. The number of hydrogen-bond donors (Lipinski definition) is 1. The molecule has 0 fully saturated rings. The van der Waals surface area contributed by atoms with Crippen LogP contribution in [0.3, 0.4) is 0 Å². The van der Waals surface area contributed by atoms with E-state index in [1.54, 1.807) is 36.5 Å². The average Bonchev–Trinajstić information content (AvgIpc) is 2.42. The van der Waals surface area contributed by atoms with E-state index in [1.807, 2.05) is 13.8 Å². The molecule has 20 heavy (non-hydrogen) atoms. The summed E-state index contributed by atoms with van der Waals surface area (Å²) in [7, 11) is 0. The second-order valence-corrected chi connectivity index (χ2v) is 4.66. The van der Waals surface area contributed by atoms with Crippen molar-refractivity contribution in [2.75, 3.05) is 5.32 Å². The molecule has 0 atom stereocenters. The Bertz CT molecular complexity index is 661. The Morgan fingerprint density at radius 1 is 1.05 bits per heavy atom. The minimum absolute atomic E-state index is 0.00322. The van der Waals surface area contributed by atoms with Crippen LogP contribution in [0.2, 0.25) is 0 Å². The van der Waals surface area contributed by atoms with Crippen molar-refractivity contribution in [2.45, 2.75) is 20.8 Å². The third-order valence-electron chi connectivity index (χ3n) is 3.25. The van der Waals surface area contributed by atoms with Crippen molar-refractivity contribution in [3.8, 4) is 0 Å². The maximum Gasteiger partial charge on any atom is 0.256 e. The van der Waals surface area contributed by atoms with Crippen LogP contribution in [0.15, 0.2) is 36.5 Å². The topological polar surface area (TPSA) is 59.1 Å². The highest BCUT2D eigenvalue weighted by molar-refractivity contribution is 6.05. The highest BCUT2D eigenvalue weighted by atomic mass is 16.1.